The minimum atomic E-state index is 0. The van der Waals surface area contributed by atoms with Gasteiger partial charge >= 0.3 is 0 Å². The number of halogens is 2. The molecule has 96 valence electrons. The molecular weight excluding hydrogens is 307 g/mol. The van der Waals surface area contributed by atoms with Crippen LogP contribution in [0, 0.1) is 0 Å². The summed E-state index contributed by atoms with van der Waals surface area (Å²) in [6.07, 6.45) is 1.65. The summed E-state index contributed by atoms with van der Waals surface area (Å²) >= 11 is 3.36. The normalized spacial score (nSPS) is 19.9. The van der Waals surface area contributed by atoms with Crippen LogP contribution in [0.3, 0.4) is 0 Å². The van der Waals surface area contributed by atoms with Crippen molar-refractivity contribution in [1.29, 1.82) is 0 Å². The Morgan fingerprint density at radius 3 is 2.88 bits per heavy atom. The third kappa shape index (κ3) is 2.81. The van der Waals surface area contributed by atoms with Crippen molar-refractivity contribution in [3.63, 3.8) is 0 Å². The van der Waals surface area contributed by atoms with E-state index < -0.39 is 0 Å². The Balaban J connectivity index is 0.00000144. The molecule has 2 heterocycles. The summed E-state index contributed by atoms with van der Waals surface area (Å²) < 4.78 is 2.37. The topological polar surface area (TPSA) is 50.2 Å². The van der Waals surface area contributed by atoms with Crippen LogP contribution in [0.25, 0.3) is 0 Å². The first-order chi connectivity index (χ1) is 7.61. The number of rotatable bonds is 1. The largest absolute Gasteiger partial charge is 0.332 e. The summed E-state index contributed by atoms with van der Waals surface area (Å²) in [5, 5.41) is 7.33. The first kappa shape index (κ1) is 14.5. The summed E-state index contributed by atoms with van der Waals surface area (Å²) in [6.45, 7) is 4.50. The number of piperazine rings is 1. The van der Waals surface area contributed by atoms with Crippen LogP contribution in [0.5, 0.6) is 0 Å². The van der Waals surface area contributed by atoms with Crippen LogP contribution < -0.4 is 5.32 Å². The molecule has 1 fully saturated rings. The second kappa shape index (κ2) is 5.84. The van der Waals surface area contributed by atoms with E-state index in [1.807, 2.05) is 11.8 Å². The van der Waals surface area contributed by atoms with Crippen molar-refractivity contribution in [3.05, 3.63) is 16.4 Å². The predicted molar refractivity (Wildman–Crippen MR) is 71.5 cm³/mol. The van der Waals surface area contributed by atoms with Gasteiger partial charge in [-0.3, -0.25) is 9.48 Å². The molecule has 0 aromatic carbocycles. The molecule has 17 heavy (non-hydrogen) atoms. The third-order valence-corrected chi connectivity index (χ3v) is 3.44. The van der Waals surface area contributed by atoms with Gasteiger partial charge in [-0.2, -0.15) is 5.10 Å². The molecule has 5 nitrogen and oxygen atoms in total. The van der Waals surface area contributed by atoms with E-state index in [0.717, 1.165) is 24.1 Å². The van der Waals surface area contributed by atoms with E-state index in [4.69, 9.17) is 0 Å². The summed E-state index contributed by atoms with van der Waals surface area (Å²) in [5.74, 6) is 0.0425. The number of aryl methyl sites for hydroxylation is 1. The van der Waals surface area contributed by atoms with Gasteiger partial charge in [0.1, 0.15) is 5.69 Å². The molecule has 0 radical (unpaired) electrons. The average molecular weight is 324 g/mol. The maximum atomic E-state index is 12.3. The van der Waals surface area contributed by atoms with Gasteiger partial charge in [0.05, 0.1) is 10.7 Å². The van der Waals surface area contributed by atoms with Crippen molar-refractivity contribution in [1.82, 2.24) is 20.0 Å². The Morgan fingerprint density at radius 2 is 2.35 bits per heavy atom. The Labute approximate surface area is 115 Å². The molecule has 1 amide bonds. The first-order valence-electron chi connectivity index (χ1n) is 5.30. The van der Waals surface area contributed by atoms with Gasteiger partial charge in [0, 0.05) is 32.7 Å². The summed E-state index contributed by atoms with van der Waals surface area (Å²) in [6, 6.07) is 0.225. The lowest BCUT2D eigenvalue weighted by atomic mass is 10.2. The maximum absolute atomic E-state index is 12.3. The molecule has 1 saturated heterocycles. The zero-order valence-electron chi connectivity index (χ0n) is 9.81. The van der Waals surface area contributed by atoms with Crippen molar-refractivity contribution >= 4 is 34.2 Å². The lowest BCUT2D eigenvalue weighted by Crippen LogP contribution is -2.52. The van der Waals surface area contributed by atoms with Crippen molar-refractivity contribution in [2.45, 2.75) is 13.0 Å². The predicted octanol–water partition coefficient (Wildman–Crippen LogP) is 1.04. The fourth-order valence-corrected chi connectivity index (χ4v) is 2.45. The molecule has 1 aromatic heterocycles. The van der Waals surface area contributed by atoms with Gasteiger partial charge in [0.15, 0.2) is 0 Å². The van der Waals surface area contributed by atoms with Gasteiger partial charge in [-0.1, -0.05) is 0 Å². The van der Waals surface area contributed by atoms with E-state index in [1.54, 1.807) is 17.9 Å². The zero-order valence-corrected chi connectivity index (χ0v) is 12.2. The Hall–Kier alpha value is -0.590. The van der Waals surface area contributed by atoms with E-state index in [2.05, 4.69) is 26.3 Å². The molecule has 0 spiro atoms. The standard InChI is InChI=1S/C10H15BrN4O.ClH/c1-7-5-12-3-4-15(7)10(16)9-8(11)6-13-14(9)2;/h6-7,12H,3-5H2,1-2H3;1H. The van der Waals surface area contributed by atoms with Crippen LogP contribution in [0.1, 0.15) is 17.4 Å². The third-order valence-electron chi connectivity index (χ3n) is 2.86. The molecule has 1 N–H and O–H groups in total. The molecule has 0 saturated carbocycles. The van der Waals surface area contributed by atoms with Crippen molar-refractivity contribution in [2.75, 3.05) is 19.6 Å². The van der Waals surface area contributed by atoms with Crippen LogP contribution in [0.15, 0.2) is 10.7 Å². The SMILES string of the molecule is CC1CNCCN1C(=O)c1c(Br)cnn1C.Cl. The monoisotopic (exact) mass is 322 g/mol. The highest BCUT2D eigenvalue weighted by Gasteiger charge is 2.27. The van der Waals surface area contributed by atoms with Crippen LogP contribution in [-0.4, -0.2) is 46.3 Å². The molecule has 1 aliphatic rings. The van der Waals surface area contributed by atoms with Gasteiger partial charge in [0.25, 0.3) is 5.91 Å². The number of nitrogens with one attached hydrogen (secondary N) is 1. The summed E-state index contributed by atoms with van der Waals surface area (Å²) in [7, 11) is 1.78. The number of carbonyl (C=O) groups is 1. The van der Waals surface area contributed by atoms with Gasteiger partial charge < -0.3 is 10.2 Å². The van der Waals surface area contributed by atoms with E-state index in [9.17, 15) is 4.79 Å². The molecule has 1 aliphatic heterocycles. The van der Waals surface area contributed by atoms with Gasteiger partial charge in [-0.05, 0) is 22.9 Å². The number of carbonyl (C=O) groups excluding carboxylic acids is 1. The number of hydrogen-bond acceptors (Lipinski definition) is 3. The van der Waals surface area contributed by atoms with Gasteiger partial charge in [-0.25, -0.2) is 0 Å². The quantitative estimate of drug-likeness (QED) is 0.840. The van der Waals surface area contributed by atoms with Crippen LogP contribution >= 0.6 is 28.3 Å². The van der Waals surface area contributed by atoms with E-state index >= 15 is 0 Å². The lowest BCUT2D eigenvalue weighted by Gasteiger charge is -2.33. The minimum Gasteiger partial charge on any atom is -0.332 e. The van der Waals surface area contributed by atoms with E-state index in [1.165, 1.54) is 0 Å². The molecule has 0 bridgehead atoms. The Morgan fingerprint density at radius 1 is 1.65 bits per heavy atom. The van der Waals surface area contributed by atoms with Crippen molar-refractivity contribution < 1.29 is 4.79 Å². The molecular formula is C10H16BrClN4O. The first-order valence-corrected chi connectivity index (χ1v) is 6.09. The average Bonchev–Trinajstić information content (AvgIpc) is 2.58. The number of aromatic nitrogens is 2. The van der Waals surface area contributed by atoms with Crippen LogP contribution in [0.4, 0.5) is 0 Å². The second-order valence-electron chi connectivity index (χ2n) is 4.02. The minimum absolute atomic E-state index is 0. The Kier molecular flexibility index (Phi) is 4.97. The molecule has 0 aliphatic carbocycles. The Bertz CT molecular complexity index is 390. The zero-order chi connectivity index (χ0) is 11.7. The highest BCUT2D eigenvalue weighted by atomic mass is 79.9. The highest BCUT2D eigenvalue weighted by molar-refractivity contribution is 9.10. The summed E-state index contributed by atoms with van der Waals surface area (Å²) in [5.41, 5.74) is 0.619. The molecule has 7 heteroatoms. The number of amides is 1. The van der Waals surface area contributed by atoms with Crippen molar-refractivity contribution in [2.24, 2.45) is 7.05 Å². The van der Waals surface area contributed by atoms with E-state index in [-0.39, 0.29) is 24.4 Å². The fourth-order valence-electron chi connectivity index (χ4n) is 1.93. The van der Waals surface area contributed by atoms with Gasteiger partial charge in [0.2, 0.25) is 0 Å². The fraction of sp³-hybridized carbons (Fsp3) is 0.600. The van der Waals surface area contributed by atoms with Crippen molar-refractivity contribution in [3.8, 4) is 0 Å². The van der Waals surface area contributed by atoms with Gasteiger partial charge in [-0.15, -0.1) is 12.4 Å². The van der Waals surface area contributed by atoms with Crippen LogP contribution in [0.2, 0.25) is 0 Å². The highest BCUT2D eigenvalue weighted by Crippen LogP contribution is 2.18. The number of nitrogens with zero attached hydrogens (tertiary/aromatic N) is 3. The maximum Gasteiger partial charge on any atom is 0.273 e. The lowest BCUT2D eigenvalue weighted by molar-refractivity contribution is 0.0643. The molecule has 1 atom stereocenters. The smallest absolute Gasteiger partial charge is 0.273 e. The molecule has 1 unspecified atom stereocenters. The molecule has 1 aromatic rings. The molecule has 2 rings (SSSR count). The summed E-state index contributed by atoms with van der Waals surface area (Å²) in [4.78, 5) is 14.2. The number of hydrogen-bond donors (Lipinski definition) is 1. The van der Waals surface area contributed by atoms with E-state index in [0.29, 0.717) is 5.69 Å². The van der Waals surface area contributed by atoms with Crippen LogP contribution in [-0.2, 0) is 7.05 Å². The second-order valence-corrected chi connectivity index (χ2v) is 4.87.